The summed E-state index contributed by atoms with van der Waals surface area (Å²) in [5.74, 6) is 0. The lowest BCUT2D eigenvalue weighted by Crippen LogP contribution is -2.27. The molecular formula is C19H25NO. The Balaban J connectivity index is 1.86. The third kappa shape index (κ3) is 2.91. The van der Waals surface area contributed by atoms with Crippen LogP contribution in [0, 0.1) is 12.3 Å². The van der Waals surface area contributed by atoms with Crippen molar-refractivity contribution in [3.8, 4) is 0 Å². The fourth-order valence-corrected chi connectivity index (χ4v) is 3.60. The number of benzene rings is 1. The minimum absolute atomic E-state index is 0.182. The number of hydrogen-bond acceptors (Lipinski definition) is 1. The van der Waals surface area contributed by atoms with Gasteiger partial charge in [-0.25, -0.2) is 0 Å². The lowest BCUT2D eigenvalue weighted by Gasteiger charge is -2.34. The molecule has 0 aliphatic heterocycles. The minimum Gasteiger partial charge on any atom is -0.388 e. The molecule has 1 aromatic heterocycles. The minimum atomic E-state index is -0.305. The average molecular weight is 283 g/mol. The molecule has 1 heterocycles. The van der Waals surface area contributed by atoms with Gasteiger partial charge in [0.05, 0.1) is 6.10 Å². The van der Waals surface area contributed by atoms with Crippen LogP contribution in [0.4, 0.5) is 0 Å². The van der Waals surface area contributed by atoms with E-state index in [9.17, 15) is 5.11 Å². The molecule has 0 spiro atoms. The van der Waals surface area contributed by atoms with Gasteiger partial charge < -0.3 is 9.67 Å². The van der Waals surface area contributed by atoms with Crippen LogP contribution in [-0.2, 0) is 19.4 Å². The van der Waals surface area contributed by atoms with E-state index >= 15 is 0 Å². The third-order valence-electron chi connectivity index (χ3n) is 4.67. The molecule has 0 amide bonds. The Hall–Kier alpha value is -1.54. The Morgan fingerprint density at radius 2 is 1.95 bits per heavy atom. The Morgan fingerprint density at radius 1 is 1.24 bits per heavy atom. The standard InChI is InChI=1S/C19H25NO/c1-14-11-16-17(12-19(2,3)13-18(16)21)20(14)10-9-15-7-5-4-6-8-15/h4-8,11,18,21H,9-10,12-13H2,1-3H3. The summed E-state index contributed by atoms with van der Waals surface area (Å²) in [6.45, 7) is 7.66. The zero-order valence-electron chi connectivity index (χ0n) is 13.3. The largest absolute Gasteiger partial charge is 0.388 e. The summed E-state index contributed by atoms with van der Waals surface area (Å²) in [6.07, 6.45) is 2.66. The zero-order chi connectivity index (χ0) is 15.0. The van der Waals surface area contributed by atoms with Crippen LogP contribution in [0.2, 0.25) is 0 Å². The van der Waals surface area contributed by atoms with Crippen molar-refractivity contribution in [3.63, 3.8) is 0 Å². The first-order chi connectivity index (χ1) is 9.96. The molecule has 0 saturated heterocycles. The molecule has 2 heteroatoms. The van der Waals surface area contributed by atoms with Gasteiger partial charge in [0.1, 0.15) is 0 Å². The molecule has 0 bridgehead atoms. The van der Waals surface area contributed by atoms with Crippen molar-refractivity contribution in [2.45, 2.75) is 52.7 Å². The van der Waals surface area contributed by atoms with Gasteiger partial charge in [-0.05, 0) is 43.2 Å². The third-order valence-corrected chi connectivity index (χ3v) is 4.67. The number of aromatic nitrogens is 1. The lowest BCUT2D eigenvalue weighted by atomic mass is 9.75. The number of hydrogen-bond donors (Lipinski definition) is 1. The molecule has 1 aliphatic carbocycles. The molecule has 3 rings (SSSR count). The van der Waals surface area contributed by atoms with Crippen LogP contribution < -0.4 is 0 Å². The molecule has 0 saturated carbocycles. The van der Waals surface area contributed by atoms with Gasteiger partial charge in [-0.1, -0.05) is 44.2 Å². The smallest absolute Gasteiger partial charge is 0.0812 e. The van der Waals surface area contributed by atoms with Gasteiger partial charge in [0.15, 0.2) is 0 Å². The van der Waals surface area contributed by atoms with E-state index in [1.807, 2.05) is 0 Å². The molecule has 1 unspecified atom stereocenters. The Bertz CT molecular complexity index is 625. The molecule has 0 fully saturated rings. The molecule has 2 aromatic rings. The number of aliphatic hydroxyl groups excluding tert-OH is 1. The van der Waals surface area contributed by atoms with Crippen LogP contribution in [0.3, 0.4) is 0 Å². The normalized spacial score (nSPS) is 20.3. The monoisotopic (exact) mass is 283 g/mol. The topological polar surface area (TPSA) is 25.2 Å². The summed E-state index contributed by atoms with van der Waals surface area (Å²) in [6, 6.07) is 12.8. The van der Waals surface area contributed by atoms with Crippen molar-refractivity contribution in [2.24, 2.45) is 5.41 Å². The quantitative estimate of drug-likeness (QED) is 0.903. The summed E-state index contributed by atoms with van der Waals surface area (Å²) >= 11 is 0. The number of aliphatic hydroxyl groups is 1. The van der Waals surface area contributed by atoms with E-state index in [-0.39, 0.29) is 11.5 Å². The van der Waals surface area contributed by atoms with Crippen molar-refractivity contribution >= 4 is 0 Å². The first-order valence-electron chi connectivity index (χ1n) is 7.87. The van der Waals surface area contributed by atoms with E-state index in [1.54, 1.807) is 0 Å². The molecule has 1 aliphatic rings. The molecule has 0 radical (unpaired) electrons. The average Bonchev–Trinajstić information content (AvgIpc) is 2.73. The molecule has 1 atom stereocenters. The maximum Gasteiger partial charge on any atom is 0.0812 e. The van der Waals surface area contributed by atoms with Gasteiger partial charge in [-0.3, -0.25) is 0 Å². The fraction of sp³-hybridized carbons (Fsp3) is 0.474. The second-order valence-corrected chi connectivity index (χ2v) is 7.14. The van der Waals surface area contributed by atoms with E-state index in [2.05, 4.69) is 61.7 Å². The van der Waals surface area contributed by atoms with Crippen LogP contribution >= 0.6 is 0 Å². The van der Waals surface area contributed by atoms with E-state index in [4.69, 9.17) is 0 Å². The number of rotatable bonds is 3. The van der Waals surface area contributed by atoms with Gasteiger partial charge in [-0.2, -0.15) is 0 Å². The molecule has 2 nitrogen and oxygen atoms in total. The second kappa shape index (κ2) is 5.34. The Kier molecular flexibility index (Phi) is 3.66. The predicted octanol–water partition coefficient (Wildman–Crippen LogP) is 4.05. The van der Waals surface area contributed by atoms with E-state index in [0.717, 1.165) is 31.4 Å². The highest BCUT2D eigenvalue weighted by molar-refractivity contribution is 5.33. The van der Waals surface area contributed by atoms with Crippen molar-refractivity contribution in [3.05, 3.63) is 58.9 Å². The van der Waals surface area contributed by atoms with Crippen LogP contribution in [0.5, 0.6) is 0 Å². The van der Waals surface area contributed by atoms with Crippen LogP contribution in [-0.4, -0.2) is 9.67 Å². The first kappa shape index (κ1) is 14.4. The maximum atomic E-state index is 10.4. The van der Waals surface area contributed by atoms with Crippen molar-refractivity contribution in [2.75, 3.05) is 0 Å². The molecule has 21 heavy (non-hydrogen) atoms. The van der Waals surface area contributed by atoms with Crippen LogP contribution in [0.15, 0.2) is 36.4 Å². The molecule has 1 aromatic carbocycles. The van der Waals surface area contributed by atoms with Crippen LogP contribution in [0.1, 0.15) is 48.9 Å². The zero-order valence-corrected chi connectivity index (χ0v) is 13.3. The first-order valence-corrected chi connectivity index (χ1v) is 7.87. The lowest BCUT2D eigenvalue weighted by molar-refractivity contribution is 0.0979. The highest BCUT2D eigenvalue weighted by Crippen LogP contribution is 2.41. The maximum absolute atomic E-state index is 10.4. The van der Waals surface area contributed by atoms with Crippen molar-refractivity contribution in [1.82, 2.24) is 4.57 Å². The Morgan fingerprint density at radius 3 is 2.67 bits per heavy atom. The van der Waals surface area contributed by atoms with E-state index in [1.165, 1.54) is 17.0 Å². The highest BCUT2D eigenvalue weighted by atomic mass is 16.3. The summed E-state index contributed by atoms with van der Waals surface area (Å²) in [5.41, 5.74) is 5.32. The Labute approximate surface area is 127 Å². The number of fused-ring (bicyclic) bond motifs is 1. The number of aryl methyl sites for hydroxylation is 2. The molecular weight excluding hydrogens is 258 g/mol. The van der Waals surface area contributed by atoms with E-state index in [0.29, 0.717) is 0 Å². The van der Waals surface area contributed by atoms with Gasteiger partial charge in [-0.15, -0.1) is 0 Å². The van der Waals surface area contributed by atoms with Gasteiger partial charge in [0.2, 0.25) is 0 Å². The van der Waals surface area contributed by atoms with Crippen molar-refractivity contribution in [1.29, 1.82) is 0 Å². The summed E-state index contributed by atoms with van der Waals surface area (Å²) in [4.78, 5) is 0. The fourth-order valence-electron chi connectivity index (χ4n) is 3.60. The van der Waals surface area contributed by atoms with Gasteiger partial charge >= 0.3 is 0 Å². The number of nitrogens with zero attached hydrogens (tertiary/aromatic N) is 1. The van der Waals surface area contributed by atoms with E-state index < -0.39 is 0 Å². The SMILES string of the molecule is Cc1cc2c(n1CCc1ccccc1)CC(C)(C)CC2O. The summed E-state index contributed by atoms with van der Waals surface area (Å²) in [5, 5.41) is 10.4. The van der Waals surface area contributed by atoms with Crippen molar-refractivity contribution < 1.29 is 5.11 Å². The molecule has 112 valence electrons. The predicted molar refractivity (Wildman–Crippen MR) is 86.4 cm³/mol. The van der Waals surface area contributed by atoms with Gasteiger partial charge in [0, 0.05) is 23.5 Å². The van der Waals surface area contributed by atoms with Crippen LogP contribution in [0.25, 0.3) is 0 Å². The highest BCUT2D eigenvalue weighted by Gasteiger charge is 2.33. The van der Waals surface area contributed by atoms with Gasteiger partial charge in [0.25, 0.3) is 0 Å². The molecule has 1 N–H and O–H groups in total. The second-order valence-electron chi connectivity index (χ2n) is 7.14. The summed E-state index contributed by atoms with van der Waals surface area (Å²) in [7, 11) is 0. The summed E-state index contributed by atoms with van der Waals surface area (Å²) < 4.78 is 2.41.